The van der Waals surface area contributed by atoms with E-state index < -0.39 is 0 Å². The predicted molar refractivity (Wildman–Crippen MR) is 71.4 cm³/mol. The van der Waals surface area contributed by atoms with E-state index in [1.807, 2.05) is 35.7 Å². The fourth-order valence-corrected chi connectivity index (χ4v) is 2.83. The lowest BCUT2D eigenvalue weighted by molar-refractivity contribution is -0.120. The van der Waals surface area contributed by atoms with Crippen molar-refractivity contribution in [2.45, 2.75) is 13.0 Å². The van der Waals surface area contributed by atoms with Gasteiger partial charge < -0.3 is 10.2 Å². The molecule has 0 spiro atoms. The zero-order valence-corrected chi connectivity index (χ0v) is 10.7. The van der Waals surface area contributed by atoms with Gasteiger partial charge in [0, 0.05) is 42.7 Å². The van der Waals surface area contributed by atoms with Crippen molar-refractivity contribution < 1.29 is 4.79 Å². The highest BCUT2D eigenvalue weighted by atomic mass is 32.2. The van der Waals surface area contributed by atoms with Crippen molar-refractivity contribution in [2.24, 2.45) is 0 Å². The maximum atomic E-state index is 12.4. The number of hydrogen-bond acceptors (Lipinski definition) is 4. The Kier molecular flexibility index (Phi) is 4.39. The lowest BCUT2D eigenvalue weighted by Gasteiger charge is -2.29. The lowest BCUT2D eigenvalue weighted by Crippen LogP contribution is -2.50. The highest BCUT2D eigenvalue weighted by Crippen LogP contribution is 2.16. The molecule has 1 fully saturated rings. The van der Waals surface area contributed by atoms with E-state index in [0.717, 1.165) is 23.7 Å². The Bertz CT molecular complexity index is 365. The number of aromatic nitrogens is 1. The molecule has 17 heavy (non-hydrogen) atoms. The molecule has 1 amide bonds. The van der Waals surface area contributed by atoms with Crippen molar-refractivity contribution >= 4 is 23.4 Å². The summed E-state index contributed by atoms with van der Waals surface area (Å²) in [6.07, 6.45) is 3.43. The Morgan fingerprint density at radius 3 is 2.94 bits per heavy atom. The molecule has 4 nitrogen and oxygen atoms in total. The number of anilines is 1. The van der Waals surface area contributed by atoms with Gasteiger partial charge in [-0.05, 0) is 19.1 Å². The molecule has 1 aromatic rings. The van der Waals surface area contributed by atoms with Crippen LogP contribution in [0.3, 0.4) is 0 Å². The molecule has 1 aliphatic heterocycles. The highest BCUT2D eigenvalue weighted by Gasteiger charge is 2.25. The predicted octanol–water partition coefficient (Wildman–Crippen LogP) is 1.14. The summed E-state index contributed by atoms with van der Waals surface area (Å²) in [4.78, 5) is 18.1. The fraction of sp³-hybridized carbons (Fsp3) is 0.500. The van der Waals surface area contributed by atoms with Crippen LogP contribution in [0.2, 0.25) is 0 Å². The maximum Gasteiger partial charge on any atom is 0.244 e. The van der Waals surface area contributed by atoms with Crippen LogP contribution in [0.25, 0.3) is 0 Å². The normalized spacial score (nSPS) is 19.9. The average Bonchev–Trinajstić information content (AvgIpc) is 2.42. The topological polar surface area (TPSA) is 45.2 Å². The monoisotopic (exact) mass is 251 g/mol. The number of rotatable bonds is 3. The standard InChI is InChI=1S/C12H17N3OS/c1-2-15(10-3-5-13-6-4-10)12(16)11-9-17-8-7-14-11/h3-6,11,14H,2,7-9H2,1H3. The summed E-state index contributed by atoms with van der Waals surface area (Å²) in [6, 6.07) is 3.69. The number of carbonyl (C=O) groups is 1. The molecule has 2 rings (SSSR count). The molecule has 2 heterocycles. The molecule has 92 valence electrons. The van der Waals surface area contributed by atoms with Gasteiger partial charge in [-0.3, -0.25) is 9.78 Å². The third-order valence-corrected chi connectivity index (χ3v) is 3.84. The molecule has 1 aromatic heterocycles. The smallest absolute Gasteiger partial charge is 0.244 e. The van der Waals surface area contributed by atoms with E-state index in [4.69, 9.17) is 0 Å². The van der Waals surface area contributed by atoms with Crippen LogP contribution in [-0.2, 0) is 4.79 Å². The molecular weight excluding hydrogens is 234 g/mol. The number of nitrogens with zero attached hydrogens (tertiary/aromatic N) is 2. The summed E-state index contributed by atoms with van der Waals surface area (Å²) in [5, 5.41) is 3.28. The fourth-order valence-electron chi connectivity index (χ4n) is 1.90. The molecule has 0 bridgehead atoms. The molecule has 1 atom stereocenters. The second-order valence-electron chi connectivity index (χ2n) is 3.87. The SMILES string of the molecule is CCN(C(=O)C1CSCCN1)c1ccncc1. The Morgan fingerprint density at radius 1 is 1.59 bits per heavy atom. The molecule has 5 heteroatoms. The molecule has 0 radical (unpaired) electrons. The first-order valence-electron chi connectivity index (χ1n) is 5.85. The number of carbonyl (C=O) groups excluding carboxylic acids is 1. The number of nitrogens with one attached hydrogen (secondary N) is 1. The molecule has 1 aliphatic rings. The van der Waals surface area contributed by atoms with Gasteiger partial charge in [-0.1, -0.05) is 0 Å². The van der Waals surface area contributed by atoms with Crippen LogP contribution in [-0.4, -0.2) is 41.5 Å². The maximum absolute atomic E-state index is 12.4. The van der Waals surface area contributed by atoms with E-state index in [-0.39, 0.29) is 11.9 Å². The van der Waals surface area contributed by atoms with Gasteiger partial charge in [-0.2, -0.15) is 11.8 Å². The van der Waals surface area contributed by atoms with Gasteiger partial charge in [0.15, 0.2) is 0 Å². The minimum absolute atomic E-state index is 0.0538. The van der Waals surface area contributed by atoms with Crippen LogP contribution in [0.15, 0.2) is 24.5 Å². The molecule has 0 aromatic carbocycles. The number of amides is 1. The van der Waals surface area contributed by atoms with Crippen LogP contribution in [0, 0.1) is 0 Å². The van der Waals surface area contributed by atoms with E-state index in [0.29, 0.717) is 6.54 Å². The minimum atomic E-state index is -0.0538. The van der Waals surface area contributed by atoms with Gasteiger partial charge in [0.25, 0.3) is 0 Å². The average molecular weight is 251 g/mol. The third-order valence-electron chi connectivity index (χ3n) is 2.78. The number of thioether (sulfide) groups is 1. The van der Waals surface area contributed by atoms with Crippen molar-refractivity contribution in [3.8, 4) is 0 Å². The van der Waals surface area contributed by atoms with Crippen molar-refractivity contribution in [3.05, 3.63) is 24.5 Å². The Morgan fingerprint density at radius 2 is 2.35 bits per heavy atom. The highest BCUT2D eigenvalue weighted by molar-refractivity contribution is 7.99. The molecular formula is C12H17N3OS. The van der Waals surface area contributed by atoms with Crippen LogP contribution < -0.4 is 10.2 Å². The first-order chi connectivity index (χ1) is 8.33. The third kappa shape index (κ3) is 2.98. The Labute approximate surface area is 106 Å². The van der Waals surface area contributed by atoms with E-state index in [9.17, 15) is 4.79 Å². The number of hydrogen-bond donors (Lipinski definition) is 1. The van der Waals surface area contributed by atoms with Gasteiger partial charge in [0.1, 0.15) is 0 Å². The zero-order chi connectivity index (χ0) is 12.1. The van der Waals surface area contributed by atoms with Crippen molar-refractivity contribution in [3.63, 3.8) is 0 Å². The van der Waals surface area contributed by atoms with Gasteiger partial charge in [-0.25, -0.2) is 0 Å². The Balaban J connectivity index is 2.10. The van der Waals surface area contributed by atoms with Crippen molar-refractivity contribution in [1.82, 2.24) is 10.3 Å². The molecule has 1 unspecified atom stereocenters. The molecule has 1 N–H and O–H groups in total. The minimum Gasteiger partial charge on any atom is -0.311 e. The van der Waals surface area contributed by atoms with Gasteiger partial charge in [0.2, 0.25) is 5.91 Å². The summed E-state index contributed by atoms with van der Waals surface area (Å²) < 4.78 is 0. The zero-order valence-electron chi connectivity index (χ0n) is 9.93. The second-order valence-corrected chi connectivity index (χ2v) is 5.02. The van der Waals surface area contributed by atoms with Gasteiger partial charge in [-0.15, -0.1) is 0 Å². The van der Waals surface area contributed by atoms with E-state index >= 15 is 0 Å². The lowest BCUT2D eigenvalue weighted by atomic mass is 10.2. The largest absolute Gasteiger partial charge is 0.311 e. The first kappa shape index (κ1) is 12.4. The summed E-state index contributed by atoms with van der Waals surface area (Å²) in [5.41, 5.74) is 0.921. The van der Waals surface area contributed by atoms with Crippen LogP contribution in [0.4, 0.5) is 5.69 Å². The second kappa shape index (κ2) is 6.02. The van der Waals surface area contributed by atoms with Crippen molar-refractivity contribution in [2.75, 3.05) is 29.5 Å². The van der Waals surface area contributed by atoms with Gasteiger partial charge in [0.05, 0.1) is 6.04 Å². The summed E-state index contributed by atoms with van der Waals surface area (Å²) in [5.74, 6) is 2.11. The first-order valence-corrected chi connectivity index (χ1v) is 7.01. The molecule has 0 aliphatic carbocycles. The number of likely N-dealkylation sites (N-methyl/N-ethyl adjacent to an activating group) is 1. The summed E-state index contributed by atoms with van der Waals surface area (Å²) in [7, 11) is 0. The number of pyridine rings is 1. The quantitative estimate of drug-likeness (QED) is 0.875. The van der Waals surface area contributed by atoms with E-state index in [2.05, 4.69) is 10.3 Å². The van der Waals surface area contributed by atoms with Crippen molar-refractivity contribution in [1.29, 1.82) is 0 Å². The Hall–Kier alpha value is -1.07. The van der Waals surface area contributed by atoms with Crippen LogP contribution >= 0.6 is 11.8 Å². The van der Waals surface area contributed by atoms with E-state index in [1.165, 1.54) is 0 Å². The molecule has 1 saturated heterocycles. The van der Waals surface area contributed by atoms with Crippen LogP contribution in [0.5, 0.6) is 0 Å². The summed E-state index contributed by atoms with van der Waals surface area (Å²) >= 11 is 1.83. The molecule has 0 saturated carbocycles. The van der Waals surface area contributed by atoms with E-state index in [1.54, 1.807) is 12.4 Å². The summed E-state index contributed by atoms with van der Waals surface area (Å²) in [6.45, 7) is 3.59. The van der Waals surface area contributed by atoms with Gasteiger partial charge >= 0.3 is 0 Å². The van der Waals surface area contributed by atoms with Crippen LogP contribution in [0.1, 0.15) is 6.92 Å².